The molecule has 1 heterocycles. The van der Waals surface area contributed by atoms with Crippen LogP contribution in [0.25, 0.3) is 0 Å². The molecule has 0 amide bonds. The van der Waals surface area contributed by atoms with Gasteiger partial charge in [-0.15, -0.1) is 0 Å². The number of nitrogens with zero attached hydrogens (tertiary/aromatic N) is 1. The van der Waals surface area contributed by atoms with E-state index >= 15 is 0 Å². The summed E-state index contributed by atoms with van der Waals surface area (Å²) in [5, 5.41) is 7.06. The maximum Gasteiger partial charge on any atom is 0 e. The quantitative estimate of drug-likeness (QED) is 0.122. The standard InChI is InChI=1S/C18H15P.C12H12N2O4.C8H12.F6P.Ir/c1-4-10-16(11-5-1)19(17-12-6-2-7-13-17)18-14-8-3-9-15-18;1-14-6-13-9-4-7(11(15)17-2)8(5-10(9)14)12(16)18-3;1-2-4-6-8-7-5-3-1;1-7(2,3,4,5)6;/h1-15H;4-5,13H,1-3H3;1-2,7-8H,3-6H2;;/q;;;-1;. The van der Waals surface area contributed by atoms with Crippen molar-refractivity contribution in [2.75, 3.05) is 31.5 Å². The van der Waals surface area contributed by atoms with E-state index in [1.807, 2.05) is 0 Å². The molecule has 4 aromatic rings. The van der Waals surface area contributed by atoms with Crippen molar-refractivity contribution in [3.63, 3.8) is 0 Å². The molecular formula is C38H39F6IrN2O4P2-. The van der Waals surface area contributed by atoms with Crippen LogP contribution in [0.1, 0.15) is 46.4 Å². The van der Waals surface area contributed by atoms with Gasteiger partial charge in [0.1, 0.15) is 0 Å². The van der Waals surface area contributed by atoms with Gasteiger partial charge in [0.2, 0.25) is 6.67 Å². The minimum absolute atomic E-state index is 0. The van der Waals surface area contributed by atoms with E-state index in [9.17, 15) is 34.8 Å². The SMILES string of the molecule is COC(=O)c1cc2c(cc1C(=O)OC)N(C)[C]N2.F[P-](F)(F)(F)(F)F.[CH]1[CH]CC[CH][CH]CC1.[Ir].c1ccc(P(c2ccccc2)c2ccccc2)cc1. The normalized spacial score (nSPS) is 14.8. The molecule has 1 N–H and O–H groups in total. The van der Waals surface area contributed by atoms with Gasteiger partial charge in [-0.1, -0.05) is 91.0 Å². The minimum atomic E-state index is -10.7. The van der Waals surface area contributed by atoms with E-state index < -0.39 is 27.7 Å². The fourth-order valence-electron chi connectivity index (χ4n) is 4.76. The van der Waals surface area contributed by atoms with Gasteiger partial charge >= 0.3 is 44.9 Å². The summed E-state index contributed by atoms with van der Waals surface area (Å²) < 4.78 is 68.5. The first-order chi connectivity index (χ1) is 24.5. The molecule has 6 rings (SSSR count). The Balaban J connectivity index is 0.000000264. The number of rotatable bonds is 5. The number of ether oxygens (including phenoxy) is 2. The van der Waals surface area contributed by atoms with Crippen molar-refractivity contribution < 1.29 is 64.3 Å². The first kappa shape index (κ1) is 45.7. The van der Waals surface area contributed by atoms with Crippen LogP contribution in [0.4, 0.5) is 36.6 Å². The van der Waals surface area contributed by atoms with Crippen LogP contribution in [0.3, 0.4) is 0 Å². The maximum absolute atomic E-state index is 11.7. The molecule has 0 saturated heterocycles. The van der Waals surface area contributed by atoms with E-state index in [2.05, 4.69) is 138 Å². The van der Waals surface area contributed by atoms with Gasteiger partial charge in [-0.3, -0.25) is 0 Å². The Morgan fingerprint density at radius 3 is 1.28 bits per heavy atom. The molecule has 0 unspecified atom stereocenters. The number of benzene rings is 4. The summed E-state index contributed by atoms with van der Waals surface area (Å²) in [6.07, 6.45) is 14.0. The molecule has 0 atom stereocenters. The molecule has 1 saturated carbocycles. The number of fused-ring (bicyclic) bond motifs is 1. The summed E-state index contributed by atoms with van der Waals surface area (Å²) in [6.45, 7) is 2.83. The van der Waals surface area contributed by atoms with Gasteiger partial charge in [0, 0.05) is 27.2 Å². The first-order valence-corrected chi connectivity index (χ1v) is 19.3. The zero-order valence-electron chi connectivity index (χ0n) is 29.0. The predicted molar refractivity (Wildman–Crippen MR) is 199 cm³/mol. The molecule has 53 heavy (non-hydrogen) atoms. The van der Waals surface area contributed by atoms with Gasteiger partial charge in [-0.25, -0.2) is 9.59 Å². The van der Waals surface area contributed by atoms with Gasteiger partial charge in [0.15, 0.2) is 0 Å². The Labute approximate surface area is 322 Å². The van der Waals surface area contributed by atoms with Gasteiger partial charge in [0.25, 0.3) is 0 Å². The summed E-state index contributed by atoms with van der Waals surface area (Å²) in [6, 6.07) is 35.4. The summed E-state index contributed by atoms with van der Waals surface area (Å²) in [5.41, 5.74) is 1.75. The third-order valence-corrected chi connectivity index (χ3v) is 9.49. The Bertz CT molecular complexity index is 1600. The Morgan fingerprint density at radius 2 is 0.962 bits per heavy atom. The van der Waals surface area contributed by atoms with Crippen LogP contribution in [0.5, 0.6) is 0 Å². The number of methoxy groups -OCH3 is 2. The van der Waals surface area contributed by atoms with Gasteiger partial charge < -0.3 is 19.7 Å². The Hall–Kier alpha value is -3.49. The van der Waals surface area contributed by atoms with E-state index in [0.29, 0.717) is 5.69 Å². The van der Waals surface area contributed by atoms with Crippen molar-refractivity contribution in [3.8, 4) is 0 Å². The third-order valence-electron chi connectivity index (χ3n) is 7.04. The number of esters is 2. The molecule has 1 fully saturated rings. The average molecular weight is 956 g/mol. The van der Waals surface area contributed by atoms with Crippen molar-refractivity contribution in [2.24, 2.45) is 0 Å². The fourth-order valence-corrected chi connectivity index (χ4v) is 7.07. The largest absolute Gasteiger partial charge is 0.0622 e. The summed E-state index contributed by atoms with van der Waals surface area (Å²) in [7, 11) is -6.81. The molecule has 4 aromatic carbocycles. The molecule has 7 radical (unpaired) electrons. The molecule has 1 aliphatic heterocycles. The van der Waals surface area contributed by atoms with E-state index in [0.717, 1.165) is 5.69 Å². The number of nitrogens with one attached hydrogen (secondary N) is 1. The number of carbonyl (C=O) groups excluding carboxylic acids is 2. The van der Waals surface area contributed by atoms with Crippen LogP contribution in [0.15, 0.2) is 103 Å². The average Bonchev–Trinajstić information content (AvgIpc) is 3.46. The molecule has 0 aromatic heterocycles. The van der Waals surface area contributed by atoms with Crippen molar-refractivity contribution in [1.29, 1.82) is 0 Å². The Morgan fingerprint density at radius 1 is 0.642 bits per heavy atom. The minimum Gasteiger partial charge on any atom is -0.0622 e. The number of anilines is 2. The number of halogens is 6. The molecule has 0 bridgehead atoms. The molecule has 6 nitrogen and oxygen atoms in total. The zero-order chi connectivity index (χ0) is 38.3. The molecule has 15 heteroatoms. The second-order valence-electron chi connectivity index (χ2n) is 11.1. The molecule has 1 aliphatic carbocycles. The maximum atomic E-state index is 11.7. The summed E-state index contributed by atoms with van der Waals surface area (Å²) in [5.74, 6) is -1.17. The van der Waals surface area contributed by atoms with Gasteiger partial charge in [0.05, 0.1) is 36.7 Å². The van der Waals surface area contributed by atoms with Crippen molar-refractivity contribution >= 4 is 55.0 Å². The fraction of sp³-hybridized carbons (Fsp3) is 0.184. The smallest absolute Gasteiger partial charge is 0 e. The number of hydrogen-bond acceptors (Lipinski definition) is 6. The zero-order valence-corrected chi connectivity index (χ0v) is 33.2. The molecule has 2 aliphatic rings. The Kier molecular flexibility index (Phi) is 17.5. The van der Waals surface area contributed by atoms with Crippen LogP contribution in [-0.4, -0.2) is 33.2 Å². The van der Waals surface area contributed by atoms with Crippen LogP contribution in [-0.2, 0) is 29.6 Å². The third kappa shape index (κ3) is 17.5. The second-order valence-corrected chi connectivity index (χ2v) is 15.2. The van der Waals surface area contributed by atoms with Crippen LogP contribution in [0, 0.1) is 32.4 Å². The summed E-state index contributed by atoms with van der Waals surface area (Å²) >= 11 is 0. The van der Waals surface area contributed by atoms with E-state index in [-0.39, 0.29) is 31.2 Å². The summed E-state index contributed by atoms with van der Waals surface area (Å²) in [4.78, 5) is 25.0. The van der Waals surface area contributed by atoms with Crippen molar-refractivity contribution in [3.05, 3.63) is 147 Å². The number of carbonyl (C=O) groups is 2. The van der Waals surface area contributed by atoms with Crippen LogP contribution < -0.4 is 26.1 Å². The van der Waals surface area contributed by atoms with Crippen molar-refractivity contribution in [2.45, 2.75) is 25.7 Å². The second kappa shape index (κ2) is 20.3. The van der Waals surface area contributed by atoms with E-state index in [1.165, 1.54) is 55.8 Å². The van der Waals surface area contributed by atoms with Crippen LogP contribution in [0.2, 0.25) is 0 Å². The van der Waals surface area contributed by atoms with E-state index in [4.69, 9.17) is 0 Å². The van der Waals surface area contributed by atoms with Crippen LogP contribution >= 0.6 is 15.7 Å². The molecule has 0 spiro atoms. The topological polar surface area (TPSA) is 67.9 Å². The predicted octanol–water partition coefficient (Wildman–Crippen LogP) is 10.3. The van der Waals surface area contributed by atoms with E-state index in [1.54, 1.807) is 24.1 Å². The van der Waals surface area contributed by atoms with Gasteiger partial charge in [-0.2, -0.15) is 0 Å². The monoisotopic (exact) mass is 956 g/mol. The first-order valence-electron chi connectivity index (χ1n) is 15.9. The number of hydrogen-bond donors (Lipinski definition) is 1. The molecular weight excluding hydrogens is 917 g/mol. The van der Waals surface area contributed by atoms with Crippen molar-refractivity contribution in [1.82, 2.24) is 0 Å². The molecule has 287 valence electrons. The van der Waals surface area contributed by atoms with Gasteiger partial charge in [-0.05, 0) is 87.3 Å².